The van der Waals surface area contributed by atoms with E-state index in [-0.39, 0.29) is 11.9 Å². The van der Waals surface area contributed by atoms with Gasteiger partial charge in [0, 0.05) is 6.04 Å². The Hall–Kier alpha value is -1.19. The van der Waals surface area contributed by atoms with E-state index in [9.17, 15) is 4.39 Å². The average molecular weight is 336 g/mol. The molecule has 3 heteroatoms. The molecule has 0 spiro atoms. The van der Waals surface area contributed by atoms with E-state index in [1.54, 1.807) is 0 Å². The molecule has 0 radical (unpaired) electrons. The van der Waals surface area contributed by atoms with Gasteiger partial charge in [-0.05, 0) is 59.1 Å². The van der Waals surface area contributed by atoms with Gasteiger partial charge in [-0.1, -0.05) is 42.8 Å². The average Bonchev–Trinajstić information content (AvgIpc) is 2.41. The summed E-state index contributed by atoms with van der Waals surface area (Å²) in [6.45, 7) is 5.06. The maximum atomic E-state index is 13.4. The second-order valence-corrected chi connectivity index (χ2v) is 5.83. The monoisotopic (exact) mass is 335 g/mol. The minimum Gasteiger partial charge on any atom is -0.310 e. The Morgan fingerprint density at radius 2 is 2.00 bits per heavy atom. The summed E-state index contributed by atoms with van der Waals surface area (Å²) in [4.78, 5) is 0. The molecule has 2 aromatic carbocycles. The molecule has 0 bridgehead atoms. The SMILES string of the molecule is CCNC(Cc1cccc(C)c1)c1ccc(F)c(Br)c1. The number of nitrogens with one attached hydrogen (secondary N) is 1. The van der Waals surface area contributed by atoms with Crippen molar-refractivity contribution in [3.05, 3.63) is 69.4 Å². The highest BCUT2D eigenvalue weighted by Gasteiger charge is 2.13. The summed E-state index contributed by atoms with van der Waals surface area (Å²) >= 11 is 3.26. The Morgan fingerprint density at radius 1 is 1.20 bits per heavy atom. The first-order valence-electron chi connectivity index (χ1n) is 6.84. The van der Waals surface area contributed by atoms with Crippen LogP contribution in [0.3, 0.4) is 0 Å². The lowest BCUT2D eigenvalue weighted by Gasteiger charge is -2.19. The lowest BCUT2D eigenvalue weighted by molar-refractivity contribution is 0.546. The summed E-state index contributed by atoms with van der Waals surface area (Å²) in [7, 11) is 0. The second-order valence-electron chi connectivity index (χ2n) is 4.98. The molecule has 20 heavy (non-hydrogen) atoms. The van der Waals surface area contributed by atoms with Crippen LogP contribution in [0.2, 0.25) is 0 Å². The van der Waals surface area contributed by atoms with Crippen LogP contribution >= 0.6 is 15.9 Å². The molecule has 1 nitrogen and oxygen atoms in total. The van der Waals surface area contributed by atoms with Crippen LogP contribution in [0.4, 0.5) is 4.39 Å². The normalized spacial score (nSPS) is 12.4. The third-order valence-electron chi connectivity index (χ3n) is 3.32. The van der Waals surface area contributed by atoms with Gasteiger partial charge in [0.1, 0.15) is 5.82 Å². The third-order valence-corrected chi connectivity index (χ3v) is 3.93. The molecule has 1 N–H and O–H groups in total. The van der Waals surface area contributed by atoms with Crippen LogP contribution in [0.1, 0.15) is 29.7 Å². The van der Waals surface area contributed by atoms with Crippen LogP contribution in [0.5, 0.6) is 0 Å². The van der Waals surface area contributed by atoms with Crippen molar-refractivity contribution in [1.82, 2.24) is 5.32 Å². The molecular weight excluding hydrogens is 317 g/mol. The molecule has 0 aromatic heterocycles. The maximum Gasteiger partial charge on any atom is 0.137 e. The predicted octanol–water partition coefficient (Wildman–Crippen LogP) is 4.79. The zero-order chi connectivity index (χ0) is 14.5. The van der Waals surface area contributed by atoms with E-state index in [2.05, 4.69) is 59.4 Å². The Morgan fingerprint density at radius 3 is 2.65 bits per heavy atom. The predicted molar refractivity (Wildman–Crippen MR) is 85.4 cm³/mol. The Labute approximate surface area is 128 Å². The number of likely N-dealkylation sites (N-methyl/N-ethyl adjacent to an activating group) is 1. The van der Waals surface area contributed by atoms with Crippen LogP contribution in [-0.2, 0) is 6.42 Å². The molecule has 0 aliphatic heterocycles. The molecule has 106 valence electrons. The quantitative estimate of drug-likeness (QED) is 0.828. The van der Waals surface area contributed by atoms with E-state index in [0.717, 1.165) is 18.5 Å². The van der Waals surface area contributed by atoms with Crippen molar-refractivity contribution in [1.29, 1.82) is 0 Å². The van der Waals surface area contributed by atoms with Crippen LogP contribution in [-0.4, -0.2) is 6.54 Å². The van der Waals surface area contributed by atoms with E-state index < -0.39 is 0 Å². The molecule has 1 unspecified atom stereocenters. The number of aryl methyl sites for hydroxylation is 1. The Kier molecular flexibility index (Phi) is 5.32. The molecule has 2 rings (SSSR count). The van der Waals surface area contributed by atoms with Gasteiger partial charge in [-0.3, -0.25) is 0 Å². The summed E-state index contributed by atoms with van der Waals surface area (Å²) in [6, 6.07) is 13.9. The summed E-state index contributed by atoms with van der Waals surface area (Å²) in [5, 5.41) is 3.47. The number of hydrogen-bond acceptors (Lipinski definition) is 1. The molecule has 2 aromatic rings. The summed E-state index contributed by atoms with van der Waals surface area (Å²) < 4.78 is 13.9. The van der Waals surface area contributed by atoms with E-state index in [1.807, 2.05) is 12.1 Å². The van der Waals surface area contributed by atoms with Gasteiger partial charge in [0.25, 0.3) is 0 Å². The van der Waals surface area contributed by atoms with Crippen molar-refractivity contribution >= 4 is 15.9 Å². The van der Waals surface area contributed by atoms with Gasteiger partial charge in [0.2, 0.25) is 0 Å². The van der Waals surface area contributed by atoms with Crippen molar-refractivity contribution in [2.45, 2.75) is 26.3 Å². The molecule has 0 fully saturated rings. The van der Waals surface area contributed by atoms with Gasteiger partial charge in [0.15, 0.2) is 0 Å². The van der Waals surface area contributed by atoms with Crippen LogP contribution in [0.25, 0.3) is 0 Å². The van der Waals surface area contributed by atoms with Gasteiger partial charge >= 0.3 is 0 Å². The Bertz CT molecular complexity index is 583. The van der Waals surface area contributed by atoms with E-state index >= 15 is 0 Å². The third kappa shape index (κ3) is 3.90. The molecule has 0 saturated heterocycles. The summed E-state index contributed by atoms with van der Waals surface area (Å²) in [5.74, 6) is -0.223. The smallest absolute Gasteiger partial charge is 0.137 e. The van der Waals surface area contributed by atoms with E-state index in [4.69, 9.17) is 0 Å². The van der Waals surface area contributed by atoms with Crippen molar-refractivity contribution in [3.8, 4) is 0 Å². The molecule has 0 saturated carbocycles. The highest BCUT2D eigenvalue weighted by molar-refractivity contribution is 9.10. The minimum atomic E-state index is -0.223. The van der Waals surface area contributed by atoms with Crippen molar-refractivity contribution in [3.63, 3.8) is 0 Å². The summed E-state index contributed by atoms with van der Waals surface area (Å²) in [5.41, 5.74) is 3.65. The van der Waals surface area contributed by atoms with Gasteiger partial charge < -0.3 is 5.32 Å². The lowest BCUT2D eigenvalue weighted by atomic mass is 9.98. The van der Waals surface area contributed by atoms with Gasteiger partial charge in [0.05, 0.1) is 4.47 Å². The second kappa shape index (κ2) is 7.00. The highest BCUT2D eigenvalue weighted by Crippen LogP contribution is 2.24. The van der Waals surface area contributed by atoms with Crippen LogP contribution in [0, 0.1) is 12.7 Å². The molecule has 0 aliphatic carbocycles. The van der Waals surface area contributed by atoms with E-state index in [1.165, 1.54) is 17.2 Å². The van der Waals surface area contributed by atoms with Gasteiger partial charge in [-0.2, -0.15) is 0 Å². The lowest BCUT2D eigenvalue weighted by Crippen LogP contribution is -2.23. The fourth-order valence-corrected chi connectivity index (χ4v) is 2.75. The first kappa shape index (κ1) is 15.2. The zero-order valence-electron chi connectivity index (χ0n) is 11.8. The minimum absolute atomic E-state index is 0.193. The largest absolute Gasteiger partial charge is 0.310 e. The standard InChI is InChI=1S/C17H19BrFN/c1-3-20-17(10-13-6-4-5-12(2)9-13)14-7-8-16(19)15(18)11-14/h4-9,11,17,20H,3,10H2,1-2H3. The number of halogens is 2. The topological polar surface area (TPSA) is 12.0 Å². The van der Waals surface area contributed by atoms with Crippen molar-refractivity contribution in [2.75, 3.05) is 6.54 Å². The molecular formula is C17H19BrFN. The Balaban J connectivity index is 2.24. The van der Waals surface area contributed by atoms with Crippen LogP contribution in [0.15, 0.2) is 46.9 Å². The molecule has 0 amide bonds. The van der Waals surface area contributed by atoms with Crippen LogP contribution < -0.4 is 5.32 Å². The fourth-order valence-electron chi connectivity index (χ4n) is 2.36. The molecule has 0 aliphatic rings. The van der Waals surface area contributed by atoms with E-state index in [0.29, 0.717) is 4.47 Å². The first-order chi connectivity index (χ1) is 9.60. The number of rotatable bonds is 5. The summed E-state index contributed by atoms with van der Waals surface area (Å²) in [6.07, 6.45) is 0.896. The van der Waals surface area contributed by atoms with Crippen molar-refractivity contribution in [2.24, 2.45) is 0 Å². The van der Waals surface area contributed by atoms with Crippen molar-refractivity contribution < 1.29 is 4.39 Å². The number of hydrogen-bond donors (Lipinski definition) is 1. The highest BCUT2D eigenvalue weighted by atomic mass is 79.9. The zero-order valence-corrected chi connectivity index (χ0v) is 13.4. The first-order valence-corrected chi connectivity index (χ1v) is 7.63. The molecule has 1 atom stereocenters. The maximum absolute atomic E-state index is 13.4. The fraction of sp³-hybridized carbons (Fsp3) is 0.294. The molecule has 0 heterocycles. The van der Waals surface area contributed by atoms with Gasteiger partial charge in [-0.25, -0.2) is 4.39 Å². The number of benzene rings is 2. The van der Waals surface area contributed by atoms with Gasteiger partial charge in [-0.15, -0.1) is 0 Å².